The van der Waals surface area contributed by atoms with Crippen molar-refractivity contribution in [1.29, 1.82) is 0 Å². The molecule has 0 unspecified atom stereocenters. The largest absolute Gasteiger partial charge is 0.478 e. The van der Waals surface area contributed by atoms with Gasteiger partial charge in [0.1, 0.15) is 0 Å². The molecule has 1 atom stereocenters. The van der Waals surface area contributed by atoms with E-state index in [1.807, 2.05) is 44.2 Å². The molecule has 0 aliphatic carbocycles. The van der Waals surface area contributed by atoms with Crippen molar-refractivity contribution in [2.45, 2.75) is 19.9 Å². The summed E-state index contributed by atoms with van der Waals surface area (Å²) in [4.78, 5) is 23.7. The third-order valence-corrected chi connectivity index (χ3v) is 3.51. The van der Waals surface area contributed by atoms with Crippen molar-refractivity contribution in [3.8, 4) is 0 Å². The molecule has 0 aliphatic rings. The minimum absolute atomic E-state index is 0.00979. The average molecular weight is 297 g/mol. The van der Waals surface area contributed by atoms with Crippen LogP contribution in [0.25, 0.3) is 0 Å². The number of carbonyl (C=O) groups is 2. The fraction of sp³-hybridized carbons (Fsp3) is 0.222. The minimum Gasteiger partial charge on any atom is -0.478 e. The number of carboxylic acid groups (broad SMARTS) is 1. The highest BCUT2D eigenvalue weighted by atomic mass is 16.4. The number of aromatic carboxylic acids is 1. The van der Waals surface area contributed by atoms with Crippen LogP contribution >= 0.6 is 0 Å². The number of carbonyl (C=O) groups excluding carboxylic acids is 1. The second-order valence-electron chi connectivity index (χ2n) is 5.46. The highest BCUT2D eigenvalue weighted by Gasteiger charge is 2.21. The van der Waals surface area contributed by atoms with Crippen LogP contribution in [0, 0.1) is 5.92 Å². The molecule has 0 aliphatic heterocycles. The van der Waals surface area contributed by atoms with E-state index in [1.165, 1.54) is 12.1 Å². The van der Waals surface area contributed by atoms with Gasteiger partial charge in [0.05, 0.1) is 17.2 Å². The maximum absolute atomic E-state index is 12.5. The SMILES string of the molecule is CC(C)[C@@H](NC(=O)c1ccccc1C(=O)O)c1ccccc1. The lowest BCUT2D eigenvalue weighted by molar-refractivity contribution is 0.0690. The summed E-state index contributed by atoms with van der Waals surface area (Å²) in [5, 5.41) is 12.1. The zero-order valence-corrected chi connectivity index (χ0v) is 12.6. The highest BCUT2D eigenvalue weighted by Crippen LogP contribution is 2.22. The van der Waals surface area contributed by atoms with Crippen LogP contribution < -0.4 is 5.32 Å². The van der Waals surface area contributed by atoms with E-state index in [-0.39, 0.29) is 29.0 Å². The van der Waals surface area contributed by atoms with Gasteiger partial charge >= 0.3 is 5.97 Å². The monoisotopic (exact) mass is 297 g/mol. The number of hydrogen-bond acceptors (Lipinski definition) is 2. The molecule has 0 spiro atoms. The summed E-state index contributed by atoms with van der Waals surface area (Å²) in [6.07, 6.45) is 0. The molecule has 2 N–H and O–H groups in total. The number of nitrogens with one attached hydrogen (secondary N) is 1. The number of benzene rings is 2. The van der Waals surface area contributed by atoms with Gasteiger partial charge in [0.25, 0.3) is 5.91 Å². The van der Waals surface area contributed by atoms with E-state index in [0.29, 0.717) is 0 Å². The van der Waals surface area contributed by atoms with Gasteiger partial charge in [-0.1, -0.05) is 56.3 Å². The maximum atomic E-state index is 12.5. The lowest BCUT2D eigenvalue weighted by Crippen LogP contribution is -2.32. The molecule has 0 heterocycles. The Hall–Kier alpha value is -2.62. The van der Waals surface area contributed by atoms with Crippen LogP contribution in [-0.4, -0.2) is 17.0 Å². The van der Waals surface area contributed by atoms with E-state index in [4.69, 9.17) is 0 Å². The van der Waals surface area contributed by atoms with E-state index >= 15 is 0 Å². The third kappa shape index (κ3) is 3.52. The first-order valence-corrected chi connectivity index (χ1v) is 7.19. The average Bonchev–Trinajstić information content (AvgIpc) is 2.52. The van der Waals surface area contributed by atoms with Gasteiger partial charge < -0.3 is 10.4 Å². The predicted molar refractivity (Wildman–Crippen MR) is 84.9 cm³/mol. The Kier molecular flexibility index (Phi) is 4.94. The van der Waals surface area contributed by atoms with Crippen LogP contribution in [0.4, 0.5) is 0 Å². The Bertz CT molecular complexity index is 665. The molecule has 4 heteroatoms. The lowest BCUT2D eigenvalue weighted by Gasteiger charge is -2.23. The van der Waals surface area contributed by atoms with Crippen LogP contribution in [0.15, 0.2) is 54.6 Å². The molecule has 2 aromatic carbocycles. The molecule has 2 rings (SSSR count). The second-order valence-corrected chi connectivity index (χ2v) is 5.46. The Labute approximate surface area is 129 Å². The van der Waals surface area contributed by atoms with Gasteiger partial charge in [-0.3, -0.25) is 4.79 Å². The smallest absolute Gasteiger partial charge is 0.336 e. The number of rotatable bonds is 5. The van der Waals surface area contributed by atoms with Crippen molar-refractivity contribution in [2.75, 3.05) is 0 Å². The molecule has 0 saturated carbocycles. The summed E-state index contributed by atoms with van der Waals surface area (Å²) in [5.74, 6) is -1.30. The van der Waals surface area contributed by atoms with Gasteiger partial charge in [-0.15, -0.1) is 0 Å². The fourth-order valence-corrected chi connectivity index (χ4v) is 2.38. The standard InChI is InChI=1S/C18H19NO3/c1-12(2)16(13-8-4-3-5-9-13)19-17(20)14-10-6-7-11-15(14)18(21)22/h3-12,16H,1-2H3,(H,19,20)(H,21,22)/t16-/m1/s1. The topological polar surface area (TPSA) is 66.4 Å². The molecule has 114 valence electrons. The Balaban J connectivity index is 2.28. The summed E-state index contributed by atoms with van der Waals surface area (Å²) in [7, 11) is 0. The van der Waals surface area contributed by atoms with Crippen molar-refractivity contribution in [1.82, 2.24) is 5.32 Å². The molecule has 0 saturated heterocycles. The van der Waals surface area contributed by atoms with Gasteiger partial charge in [-0.2, -0.15) is 0 Å². The van der Waals surface area contributed by atoms with Crippen molar-refractivity contribution in [3.63, 3.8) is 0 Å². The number of amides is 1. The first-order chi connectivity index (χ1) is 10.5. The molecule has 1 amide bonds. The van der Waals surface area contributed by atoms with Gasteiger partial charge in [0, 0.05) is 0 Å². The quantitative estimate of drug-likeness (QED) is 0.887. The molecule has 0 fully saturated rings. The normalized spacial score (nSPS) is 12.0. The zero-order chi connectivity index (χ0) is 16.1. The molecule has 4 nitrogen and oxygen atoms in total. The summed E-state index contributed by atoms with van der Waals surface area (Å²) in [6, 6.07) is 15.7. The van der Waals surface area contributed by atoms with E-state index in [2.05, 4.69) is 5.32 Å². The molecular weight excluding hydrogens is 278 g/mol. The van der Waals surface area contributed by atoms with Crippen LogP contribution in [-0.2, 0) is 0 Å². The van der Waals surface area contributed by atoms with Gasteiger partial charge in [-0.05, 0) is 23.6 Å². The fourth-order valence-electron chi connectivity index (χ4n) is 2.38. The molecule has 2 aromatic rings. The van der Waals surface area contributed by atoms with Gasteiger partial charge in [0.15, 0.2) is 0 Å². The van der Waals surface area contributed by atoms with E-state index in [9.17, 15) is 14.7 Å². The first-order valence-electron chi connectivity index (χ1n) is 7.19. The van der Waals surface area contributed by atoms with Crippen molar-refractivity contribution < 1.29 is 14.7 Å². The number of carboxylic acids is 1. The Morgan fingerprint density at radius 1 is 0.909 bits per heavy atom. The van der Waals surface area contributed by atoms with Crippen LogP contribution in [0.3, 0.4) is 0 Å². The molecular formula is C18H19NO3. The van der Waals surface area contributed by atoms with Gasteiger partial charge in [-0.25, -0.2) is 4.79 Å². The van der Waals surface area contributed by atoms with E-state index < -0.39 is 5.97 Å². The van der Waals surface area contributed by atoms with Crippen LogP contribution in [0.2, 0.25) is 0 Å². The summed E-state index contributed by atoms with van der Waals surface area (Å²) in [5.41, 5.74) is 1.19. The number of hydrogen-bond donors (Lipinski definition) is 2. The van der Waals surface area contributed by atoms with Crippen molar-refractivity contribution >= 4 is 11.9 Å². The molecule has 0 radical (unpaired) electrons. The summed E-state index contributed by atoms with van der Waals surface area (Å²) >= 11 is 0. The summed E-state index contributed by atoms with van der Waals surface area (Å²) < 4.78 is 0. The maximum Gasteiger partial charge on any atom is 0.336 e. The van der Waals surface area contributed by atoms with Crippen molar-refractivity contribution in [2.24, 2.45) is 5.92 Å². The molecule has 0 aromatic heterocycles. The molecule has 22 heavy (non-hydrogen) atoms. The first kappa shape index (κ1) is 15.8. The zero-order valence-electron chi connectivity index (χ0n) is 12.6. The predicted octanol–water partition coefficient (Wildman–Crippen LogP) is 3.51. The van der Waals surface area contributed by atoms with Crippen LogP contribution in [0.5, 0.6) is 0 Å². The van der Waals surface area contributed by atoms with E-state index in [1.54, 1.807) is 12.1 Å². The highest BCUT2D eigenvalue weighted by molar-refractivity contribution is 6.04. The summed E-state index contributed by atoms with van der Waals surface area (Å²) in [6.45, 7) is 4.03. The second kappa shape index (κ2) is 6.89. The van der Waals surface area contributed by atoms with Crippen LogP contribution in [0.1, 0.15) is 46.2 Å². The lowest BCUT2D eigenvalue weighted by atomic mass is 9.95. The van der Waals surface area contributed by atoms with Gasteiger partial charge in [0.2, 0.25) is 0 Å². The van der Waals surface area contributed by atoms with Crippen molar-refractivity contribution in [3.05, 3.63) is 71.3 Å². The Morgan fingerprint density at radius 2 is 1.45 bits per heavy atom. The minimum atomic E-state index is -1.11. The Morgan fingerprint density at radius 3 is 2.00 bits per heavy atom. The third-order valence-electron chi connectivity index (χ3n) is 3.51. The van der Waals surface area contributed by atoms with E-state index in [0.717, 1.165) is 5.56 Å². The molecule has 0 bridgehead atoms.